The van der Waals surface area contributed by atoms with E-state index in [9.17, 15) is 4.79 Å². The van der Waals surface area contributed by atoms with Crippen molar-refractivity contribution in [1.82, 2.24) is 5.16 Å². The van der Waals surface area contributed by atoms with Gasteiger partial charge in [0.05, 0.1) is 6.20 Å². The van der Waals surface area contributed by atoms with Gasteiger partial charge in [-0.2, -0.15) is 0 Å². The zero-order chi connectivity index (χ0) is 13.7. The van der Waals surface area contributed by atoms with E-state index < -0.39 is 0 Å². The van der Waals surface area contributed by atoms with Crippen LogP contribution in [-0.4, -0.2) is 22.8 Å². The number of carbonyl (C=O) groups excluding carboxylic acids is 1. The molecule has 5 nitrogen and oxygen atoms in total. The number of amides is 1. The molecule has 0 fully saturated rings. The molecule has 0 saturated carbocycles. The third-order valence-electron chi connectivity index (χ3n) is 2.57. The first kappa shape index (κ1) is 12.9. The van der Waals surface area contributed by atoms with E-state index >= 15 is 0 Å². The topological polar surface area (TPSA) is 75.4 Å². The van der Waals surface area contributed by atoms with Gasteiger partial charge in [0.2, 0.25) is 0 Å². The van der Waals surface area contributed by atoms with Gasteiger partial charge < -0.3 is 14.9 Å². The van der Waals surface area contributed by atoms with Crippen LogP contribution >= 0.6 is 0 Å². The summed E-state index contributed by atoms with van der Waals surface area (Å²) < 4.78 is 4.64. The Labute approximate surface area is 110 Å². The third-order valence-corrected chi connectivity index (χ3v) is 2.57. The van der Waals surface area contributed by atoms with E-state index in [0.717, 1.165) is 5.56 Å². The predicted molar refractivity (Wildman–Crippen MR) is 69.6 cm³/mol. The average Bonchev–Trinajstić information content (AvgIpc) is 2.90. The van der Waals surface area contributed by atoms with E-state index in [1.807, 2.05) is 6.92 Å². The summed E-state index contributed by atoms with van der Waals surface area (Å²) in [5.41, 5.74) is 2.49. The number of rotatable bonds is 2. The fourth-order valence-corrected chi connectivity index (χ4v) is 1.62. The first-order chi connectivity index (χ1) is 9.22. The maximum Gasteiger partial charge on any atom is 0.256 e. The number of nitrogens with zero attached hydrogens (tertiary/aromatic N) is 1. The second kappa shape index (κ2) is 5.85. The Morgan fingerprint density at radius 3 is 3.05 bits per heavy atom. The number of aliphatic hydroxyl groups is 1. The molecule has 0 bridgehead atoms. The highest BCUT2D eigenvalue weighted by atomic mass is 16.5. The van der Waals surface area contributed by atoms with Gasteiger partial charge in [-0.05, 0) is 24.6 Å². The molecule has 0 radical (unpaired) electrons. The molecule has 19 heavy (non-hydrogen) atoms. The van der Waals surface area contributed by atoms with E-state index in [1.54, 1.807) is 18.2 Å². The summed E-state index contributed by atoms with van der Waals surface area (Å²) in [6.45, 7) is 1.60. The zero-order valence-corrected chi connectivity index (χ0v) is 10.3. The SMILES string of the molecule is Cc1c(C#CCO)cccc1C(=O)Nc1cnoc1. The lowest BCUT2D eigenvalue weighted by molar-refractivity contribution is 0.102. The normalized spacial score (nSPS) is 9.58. The Hall–Kier alpha value is -2.58. The van der Waals surface area contributed by atoms with E-state index in [1.165, 1.54) is 12.5 Å². The highest BCUT2D eigenvalue weighted by molar-refractivity contribution is 6.05. The monoisotopic (exact) mass is 256 g/mol. The Balaban J connectivity index is 2.27. The minimum Gasteiger partial charge on any atom is -0.384 e. The summed E-state index contributed by atoms with van der Waals surface area (Å²) in [4.78, 5) is 12.1. The molecule has 0 aliphatic rings. The second-order valence-corrected chi connectivity index (χ2v) is 3.81. The Bertz CT molecular complexity index is 636. The van der Waals surface area contributed by atoms with Crippen LogP contribution in [0.2, 0.25) is 0 Å². The standard InChI is InChI=1S/C14H12N2O3/c1-10-11(5-3-7-17)4-2-6-13(10)14(18)16-12-8-15-19-9-12/h2,4,6,8-9,17H,7H2,1H3,(H,16,18). The summed E-state index contributed by atoms with van der Waals surface area (Å²) in [6, 6.07) is 5.26. The van der Waals surface area contributed by atoms with Gasteiger partial charge in [-0.3, -0.25) is 4.79 Å². The molecular weight excluding hydrogens is 244 g/mol. The maximum atomic E-state index is 12.1. The van der Waals surface area contributed by atoms with E-state index in [4.69, 9.17) is 5.11 Å². The molecule has 5 heteroatoms. The van der Waals surface area contributed by atoms with Crippen LogP contribution in [0.15, 0.2) is 35.2 Å². The lowest BCUT2D eigenvalue weighted by Gasteiger charge is -2.07. The van der Waals surface area contributed by atoms with Crippen molar-refractivity contribution >= 4 is 11.6 Å². The molecule has 1 aromatic carbocycles. The highest BCUT2D eigenvalue weighted by Gasteiger charge is 2.11. The van der Waals surface area contributed by atoms with E-state index in [2.05, 4.69) is 26.8 Å². The maximum absolute atomic E-state index is 12.1. The van der Waals surface area contributed by atoms with Crippen LogP contribution in [0.4, 0.5) is 5.69 Å². The molecular formula is C14H12N2O3. The first-order valence-electron chi connectivity index (χ1n) is 5.62. The molecule has 2 aromatic rings. The molecule has 1 amide bonds. The number of anilines is 1. The Morgan fingerprint density at radius 1 is 1.53 bits per heavy atom. The van der Waals surface area contributed by atoms with Crippen LogP contribution in [0.25, 0.3) is 0 Å². The van der Waals surface area contributed by atoms with E-state index in [0.29, 0.717) is 16.8 Å². The number of aromatic nitrogens is 1. The summed E-state index contributed by atoms with van der Waals surface area (Å²) in [7, 11) is 0. The van der Waals surface area contributed by atoms with Crippen molar-refractivity contribution in [3.8, 4) is 11.8 Å². The fraction of sp³-hybridized carbons (Fsp3) is 0.143. The highest BCUT2D eigenvalue weighted by Crippen LogP contribution is 2.15. The summed E-state index contributed by atoms with van der Waals surface area (Å²) in [5, 5.41) is 14.9. The van der Waals surface area contributed by atoms with Crippen LogP contribution in [-0.2, 0) is 0 Å². The van der Waals surface area contributed by atoms with Crippen LogP contribution in [0.1, 0.15) is 21.5 Å². The lowest BCUT2D eigenvalue weighted by atomic mass is 10.0. The largest absolute Gasteiger partial charge is 0.384 e. The van der Waals surface area contributed by atoms with Crippen LogP contribution in [0.3, 0.4) is 0 Å². The molecule has 1 heterocycles. The van der Waals surface area contributed by atoms with Crippen LogP contribution in [0, 0.1) is 18.8 Å². The second-order valence-electron chi connectivity index (χ2n) is 3.81. The Morgan fingerprint density at radius 2 is 2.37 bits per heavy atom. The van der Waals surface area contributed by atoms with Gasteiger partial charge in [0, 0.05) is 11.1 Å². The van der Waals surface area contributed by atoms with Gasteiger partial charge in [-0.15, -0.1) is 0 Å². The van der Waals surface area contributed by atoms with Crippen molar-refractivity contribution in [3.63, 3.8) is 0 Å². The quantitative estimate of drug-likeness (QED) is 0.800. The summed E-state index contributed by atoms with van der Waals surface area (Å²) in [6.07, 6.45) is 2.77. The van der Waals surface area contributed by atoms with Crippen molar-refractivity contribution in [2.45, 2.75) is 6.92 Å². The molecule has 2 rings (SSSR count). The fourth-order valence-electron chi connectivity index (χ4n) is 1.62. The van der Waals surface area contributed by atoms with Crippen molar-refractivity contribution in [1.29, 1.82) is 0 Å². The van der Waals surface area contributed by atoms with Crippen LogP contribution in [0.5, 0.6) is 0 Å². The van der Waals surface area contributed by atoms with Gasteiger partial charge in [0.1, 0.15) is 18.6 Å². The molecule has 0 atom stereocenters. The molecule has 2 N–H and O–H groups in total. The minimum absolute atomic E-state index is 0.212. The molecule has 96 valence electrons. The number of benzene rings is 1. The number of nitrogens with one attached hydrogen (secondary N) is 1. The summed E-state index contributed by atoms with van der Waals surface area (Å²) >= 11 is 0. The van der Waals surface area contributed by atoms with Gasteiger partial charge in [0.15, 0.2) is 0 Å². The minimum atomic E-state index is -0.256. The number of hydrogen-bond acceptors (Lipinski definition) is 4. The molecule has 1 aromatic heterocycles. The van der Waals surface area contributed by atoms with Gasteiger partial charge in [-0.1, -0.05) is 23.1 Å². The van der Waals surface area contributed by atoms with E-state index in [-0.39, 0.29) is 12.5 Å². The lowest BCUT2D eigenvalue weighted by Crippen LogP contribution is -2.13. The predicted octanol–water partition coefficient (Wildman–Crippen LogP) is 1.58. The van der Waals surface area contributed by atoms with Gasteiger partial charge >= 0.3 is 0 Å². The smallest absolute Gasteiger partial charge is 0.256 e. The molecule has 0 spiro atoms. The average molecular weight is 256 g/mol. The summed E-state index contributed by atoms with van der Waals surface area (Å²) in [5.74, 6) is 5.12. The van der Waals surface area contributed by atoms with Gasteiger partial charge in [0.25, 0.3) is 5.91 Å². The Kier molecular flexibility index (Phi) is 3.96. The molecule has 0 aliphatic heterocycles. The van der Waals surface area contributed by atoms with Crippen LogP contribution < -0.4 is 5.32 Å². The molecule has 0 saturated heterocycles. The number of aliphatic hydroxyl groups excluding tert-OH is 1. The molecule has 0 unspecified atom stereocenters. The zero-order valence-electron chi connectivity index (χ0n) is 10.3. The van der Waals surface area contributed by atoms with Crippen molar-refractivity contribution in [2.75, 3.05) is 11.9 Å². The van der Waals surface area contributed by atoms with Gasteiger partial charge in [-0.25, -0.2) is 0 Å². The van der Waals surface area contributed by atoms with Crippen molar-refractivity contribution < 1.29 is 14.4 Å². The molecule has 0 aliphatic carbocycles. The van der Waals surface area contributed by atoms with Crippen molar-refractivity contribution in [3.05, 3.63) is 47.3 Å². The van der Waals surface area contributed by atoms with Crippen molar-refractivity contribution in [2.24, 2.45) is 0 Å². The number of hydrogen-bond donors (Lipinski definition) is 2. The third kappa shape index (κ3) is 3.00. The number of carbonyl (C=O) groups is 1. The first-order valence-corrected chi connectivity index (χ1v) is 5.62.